The summed E-state index contributed by atoms with van der Waals surface area (Å²) in [6.45, 7) is 0. The van der Waals surface area contributed by atoms with Crippen LogP contribution in [0.3, 0.4) is 0 Å². The van der Waals surface area contributed by atoms with Crippen LogP contribution in [0.15, 0.2) is 72.3 Å². The summed E-state index contributed by atoms with van der Waals surface area (Å²) in [5.74, 6) is -4.51. The Morgan fingerprint density at radius 1 is 1.00 bits per heavy atom. The second-order valence-corrected chi connectivity index (χ2v) is 7.46. The minimum absolute atomic E-state index is 0.0306. The van der Waals surface area contributed by atoms with Crippen molar-refractivity contribution in [1.82, 2.24) is 0 Å². The van der Waals surface area contributed by atoms with Crippen molar-refractivity contribution in [2.75, 3.05) is 12.0 Å². The van der Waals surface area contributed by atoms with Crippen molar-refractivity contribution >= 4 is 34.7 Å². The predicted octanol–water partition coefficient (Wildman–Crippen LogP) is 5.25. The molecule has 0 radical (unpaired) electrons. The number of hydrogen-bond donors (Lipinski definition) is 1. The van der Waals surface area contributed by atoms with Crippen LogP contribution in [-0.2, 0) is 9.59 Å². The van der Waals surface area contributed by atoms with E-state index in [0.29, 0.717) is 5.56 Å². The Bertz CT molecular complexity index is 1260. The maximum absolute atomic E-state index is 14.0. The third kappa shape index (κ3) is 3.61. The van der Waals surface area contributed by atoms with Gasteiger partial charge in [0.25, 0.3) is 11.7 Å². The van der Waals surface area contributed by atoms with Crippen molar-refractivity contribution in [3.05, 3.63) is 100 Å². The fourth-order valence-electron chi connectivity index (χ4n) is 3.69. The first-order valence-electron chi connectivity index (χ1n) is 9.48. The van der Waals surface area contributed by atoms with E-state index < -0.39 is 35.1 Å². The number of ether oxygens (including phenoxy) is 1. The number of aliphatic hydroxyl groups is 1. The summed E-state index contributed by atoms with van der Waals surface area (Å²) >= 11 is 6.07. The van der Waals surface area contributed by atoms with Gasteiger partial charge in [-0.3, -0.25) is 14.5 Å². The monoisotopic (exact) mass is 455 g/mol. The van der Waals surface area contributed by atoms with Crippen molar-refractivity contribution in [1.29, 1.82) is 0 Å². The van der Waals surface area contributed by atoms with Gasteiger partial charge < -0.3 is 9.84 Å². The van der Waals surface area contributed by atoms with Crippen LogP contribution in [0.2, 0.25) is 5.02 Å². The summed E-state index contributed by atoms with van der Waals surface area (Å²) in [6, 6.07) is 14.7. The van der Waals surface area contributed by atoms with E-state index in [1.807, 2.05) is 0 Å². The Morgan fingerprint density at radius 2 is 1.72 bits per heavy atom. The number of rotatable bonds is 4. The van der Waals surface area contributed by atoms with E-state index in [-0.39, 0.29) is 27.6 Å². The summed E-state index contributed by atoms with van der Waals surface area (Å²) < 4.78 is 32.7. The number of carbonyl (C=O) groups excluding carboxylic acids is 2. The summed E-state index contributed by atoms with van der Waals surface area (Å²) in [4.78, 5) is 27.1. The molecule has 1 unspecified atom stereocenters. The van der Waals surface area contributed by atoms with E-state index >= 15 is 0 Å². The quantitative estimate of drug-likeness (QED) is 0.331. The summed E-state index contributed by atoms with van der Waals surface area (Å²) in [6.07, 6.45) is 0. The smallest absolute Gasteiger partial charge is 0.300 e. The largest absolute Gasteiger partial charge is 0.507 e. The molecule has 1 atom stereocenters. The van der Waals surface area contributed by atoms with Gasteiger partial charge in [0.1, 0.15) is 11.5 Å². The lowest BCUT2D eigenvalue weighted by Gasteiger charge is -2.25. The van der Waals surface area contributed by atoms with Gasteiger partial charge in [-0.2, -0.15) is 0 Å². The number of halogens is 3. The van der Waals surface area contributed by atoms with Gasteiger partial charge in [-0.1, -0.05) is 41.9 Å². The molecule has 3 aromatic rings. The highest BCUT2D eigenvalue weighted by Gasteiger charge is 2.47. The van der Waals surface area contributed by atoms with Crippen LogP contribution in [0.25, 0.3) is 5.76 Å². The van der Waals surface area contributed by atoms with Crippen molar-refractivity contribution in [3.63, 3.8) is 0 Å². The van der Waals surface area contributed by atoms with E-state index in [1.165, 1.54) is 25.3 Å². The molecule has 5 nitrogen and oxygen atoms in total. The number of Topliss-reactive ketones (excluding diaryl/α,β-unsaturated/α-hetero) is 1. The molecule has 1 amide bonds. The van der Waals surface area contributed by atoms with Crippen LogP contribution in [-0.4, -0.2) is 23.9 Å². The number of benzene rings is 3. The zero-order valence-corrected chi connectivity index (χ0v) is 17.4. The molecule has 0 spiro atoms. The predicted molar refractivity (Wildman–Crippen MR) is 116 cm³/mol. The van der Waals surface area contributed by atoms with E-state index in [4.69, 9.17) is 16.3 Å². The lowest BCUT2D eigenvalue weighted by molar-refractivity contribution is -0.132. The van der Waals surface area contributed by atoms with Crippen molar-refractivity contribution in [3.8, 4) is 5.75 Å². The van der Waals surface area contributed by atoms with Gasteiger partial charge in [-0.05, 0) is 35.9 Å². The molecule has 0 aromatic heterocycles. The van der Waals surface area contributed by atoms with Gasteiger partial charge in [0.2, 0.25) is 0 Å². The van der Waals surface area contributed by atoms with Crippen molar-refractivity contribution in [2.24, 2.45) is 0 Å². The maximum atomic E-state index is 14.0. The molecule has 0 saturated carbocycles. The Kier molecular flexibility index (Phi) is 5.67. The van der Waals surface area contributed by atoms with Crippen LogP contribution in [0, 0.1) is 11.6 Å². The molecule has 1 heterocycles. The fourth-order valence-corrected chi connectivity index (χ4v) is 3.87. The number of amides is 1. The minimum Gasteiger partial charge on any atom is -0.507 e. The second-order valence-electron chi connectivity index (χ2n) is 7.02. The zero-order chi connectivity index (χ0) is 23.0. The molecule has 3 aromatic carbocycles. The van der Waals surface area contributed by atoms with Crippen LogP contribution >= 0.6 is 11.6 Å². The number of anilines is 1. The molecule has 0 bridgehead atoms. The third-order valence-corrected chi connectivity index (χ3v) is 5.39. The third-order valence-electron chi connectivity index (χ3n) is 5.16. The molecule has 162 valence electrons. The van der Waals surface area contributed by atoms with E-state index in [1.54, 1.807) is 36.4 Å². The van der Waals surface area contributed by atoms with Gasteiger partial charge in [-0.25, -0.2) is 8.78 Å². The topological polar surface area (TPSA) is 66.8 Å². The molecule has 1 aliphatic heterocycles. The second kappa shape index (κ2) is 8.43. The van der Waals surface area contributed by atoms with Gasteiger partial charge in [0, 0.05) is 16.8 Å². The normalized spacial score (nSPS) is 17.6. The first-order chi connectivity index (χ1) is 15.3. The summed E-state index contributed by atoms with van der Waals surface area (Å²) in [5.41, 5.74) is 0.339. The van der Waals surface area contributed by atoms with Crippen LogP contribution in [0.4, 0.5) is 14.5 Å². The van der Waals surface area contributed by atoms with E-state index in [2.05, 4.69) is 0 Å². The van der Waals surface area contributed by atoms with E-state index in [0.717, 1.165) is 17.0 Å². The number of ketones is 1. The van der Waals surface area contributed by atoms with Gasteiger partial charge in [0.15, 0.2) is 11.6 Å². The number of carbonyl (C=O) groups is 2. The average molecular weight is 456 g/mol. The molecular weight excluding hydrogens is 440 g/mol. The number of methoxy groups -OCH3 is 1. The Balaban J connectivity index is 1.98. The lowest BCUT2D eigenvalue weighted by atomic mass is 9.95. The Labute approximate surface area is 187 Å². The molecule has 1 N–H and O–H groups in total. The highest BCUT2D eigenvalue weighted by Crippen LogP contribution is 2.43. The standard InChI is InChI=1S/C24H16ClF2NO4/c1-32-19-10-7-14(25)11-16(19)22(29)20-21(13-5-3-2-4-6-13)28(24(31)23(20)30)15-8-9-17(26)18(27)12-15/h2-12,21,29H,1H3/b22-20+. The van der Waals surface area contributed by atoms with Crippen LogP contribution in [0.5, 0.6) is 5.75 Å². The Hall–Kier alpha value is -3.71. The molecule has 32 heavy (non-hydrogen) atoms. The number of aliphatic hydroxyl groups excluding tert-OH is 1. The zero-order valence-electron chi connectivity index (χ0n) is 16.7. The van der Waals surface area contributed by atoms with Gasteiger partial charge in [-0.15, -0.1) is 0 Å². The van der Waals surface area contributed by atoms with Crippen LogP contribution < -0.4 is 9.64 Å². The number of nitrogens with zero attached hydrogens (tertiary/aromatic N) is 1. The first-order valence-corrected chi connectivity index (χ1v) is 9.86. The Morgan fingerprint density at radius 3 is 2.38 bits per heavy atom. The molecular formula is C24H16ClF2NO4. The molecule has 0 aliphatic carbocycles. The average Bonchev–Trinajstić information content (AvgIpc) is 3.06. The first kappa shape index (κ1) is 21.5. The van der Waals surface area contributed by atoms with Gasteiger partial charge >= 0.3 is 0 Å². The van der Waals surface area contributed by atoms with Crippen molar-refractivity contribution in [2.45, 2.75) is 6.04 Å². The van der Waals surface area contributed by atoms with Crippen molar-refractivity contribution < 1.29 is 28.2 Å². The molecule has 4 rings (SSSR count). The van der Waals surface area contributed by atoms with E-state index in [9.17, 15) is 23.5 Å². The number of hydrogen-bond acceptors (Lipinski definition) is 4. The molecule has 1 saturated heterocycles. The highest BCUT2D eigenvalue weighted by atomic mass is 35.5. The molecule has 1 fully saturated rings. The summed E-state index contributed by atoms with van der Waals surface area (Å²) in [7, 11) is 1.38. The summed E-state index contributed by atoms with van der Waals surface area (Å²) in [5, 5.41) is 11.4. The lowest BCUT2D eigenvalue weighted by Crippen LogP contribution is -2.29. The highest BCUT2D eigenvalue weighted by molar-refractivity contribution is 6.51. The van der Waals surface area contributed by atoms with Crippen LogP contribution in [0.1, 0.15) is 17.2 Å². The molecule has 1 aliphatic rings. The SMILES string of the molecule is COc1ccc(Cl)cc1/C(O)=C1\C(=O)C(=O)N(c2ccc(F)c(F)c2)C1c1ccccc1. The maximum Gasteiger partial charge on any atom is 0.300 e. The minimum atomic E-state index is -1.17. The van der Waals surface area contributed by atoms with Gasteiger partial charge in [0.05, 0.1) is 24.3 Å². The fraction of sp³-hybridized carbons (Fsp3) is 0.0833. The molecule has 8 heteroatoms.